The Hall–Kier alpha value is -1.70. The molecule has 0 amide bonds. The Morgan fingerprint density at radius 1 is 1.35 bits per heavy atom. The highest BCUT2D eigenvalue weighted by atomic mass is 32.2. The van der Waals surface area contributed by atoms with Crippen molar-refractivity contribution in [1.82, 2.24) is 4.57 Å². The average molecular weight is 365 g/mol. The van der Waals surface area contributed by atoms with Crippen molar-refractivity contribution in [2.45, 2.75) is 24.1 Å². The molecule has 2 heterocycles. The minimum Gasteiger partial charge on any atom is -0.312 e. The second kappa shape index (κ2) is 6.43. The molecule has 0 aliphatic rings. The van der Waals surface area contributed by atoms with Crippen molar-refractivity contribution in [1.29, 1.82) is 0 Å². The van der Waals surface area contributed by atoms with Crippen molar-refractivity contribution in [2.24, 2.45) is 4.40 Å². The van der Waals surface area contributed by atoms with Gasteiger partial charge in [-0.15, -0.1) is 22.3 Å². The first kappa shape index (κ1) is 16.2. The Kier molecular flexibility index (Phi) is 4.52. The average Bonchev–Trinajstić information content (AvgIpc) is 3.16. The zero-order chi connectivity index (χ0) is 16.4. The van der Waals surface area contributed by atoms with Crippen LogP contribution in [0.1, 0.15) is 12.5 Å². The van der Waals surface area contributed by atoms with Gasteiger partial charge in [0.1, 0.15) is 4.21 Å². The Balaban J connectivity index is 2.25. The van der Waals surface area contributed by atoms with E-state index in [1.807, 2.05) is 10.6 Å². The van der Waals surface area contributed by atoms with Crippen LogP contribution >= 0.6 is 22.7 Å². The molecule has 0 fully saturated rings. The molecule has 1 aromatic carbocycles. The van der Waals surface area contributed by atoms with Crippen LogP contribution in [-0.4, -0.2) is 13.0 Å². The minimum absolute atomic E-state index is 0.259. The predicted molar refractivity (Wildman–Crippen MR) is 96.5 cm³/mol. The molecule has 0 N–H and O–H groups in total. The topological polar surface area (TPSA) is 51.4 Å². The van der Waals surface area contributed by atoms with E-state index in [4.69, 9.17) is 0 Å². The van der Waals surface area contributed by atoms with Crippen LogP contribution in [-0.2, 0) is 23.0 Å². The summed E-state index contributed by atoms with van der Waals surface area (Å²) in [5.41, 5.74) is 2.20. The Morgan fingerprint density at radius 2 is 2.17 bits per heavy atom. The maximum absolute atomic E-state index is 12.4. The van der Waals surface area contributed by atoms with E-state index in [1.54, 1.807) is 23.6 Å². The number of thiophene rings is 1. The number of aromatic nitrogens is 1. The van der Waals surface area contributed by atoms with Gasteiger partial charge in [0.2, 0.25) is 4.80 Å². The van der Waals surface area contributed by atoms with Crippen LogP contribution in [0.4, 0.5) is 0 Å². The minimum atomic E-state index is -3.68. The van der Waals surface area contributed by atoms with Gasteiger partial charge in [-0.05, 0) is 35.6 Å². The standard InChI is InChI=1S/C16H16N2O2S3/c1-3-9-18-13-8-7-12(4-2)11-14(13)22-16(18)17-23(19,20)15-6-5-10-21-15/h3,5-8,10-11H,1,4,9H2,2H3/b17-16-. The molecule has 7 heteroatoms. The summed E-state index contributed by atoms with van der Waals surface area (Å²) in [6, 6.07) is 9.46. The highest BCUT2D eigenvalue weighted by molar-refractivity contribution is 7.92. The van der Waals surface area contributed by atoms with Gasteiger partial charge in [0.15, 0.2) is 0 Å². The third-order valence-corrected chi connectivity index (χ3v) is 7.21. The lowest BCUT2D eigenvalue weighted by Gasteiger charge is -2.02. The number of nitrogens with zero attached hydrogens (tertiary/aromatic N) is 2. The molecule has 0 aliphatic carbocycles. The SMILES string of the molecule is C=CCn1/c(=N/S(=O)(=O)c2cccs2)sc2cc(CC)ccc21. The maximum Gasteiger partial charge on any atom is 0.294 e. The molecular formula is C16H16N2O2S3. The van der Waals surface area contributed by atoms with Crippen molar-refractivity contribution >= 4 is 42.9 Å². The largest absolute Gasteiger partial charge is 0.312 e. The summed E-state index contributed by atoms with van der Waals surface area (Å²) in [6.07, 6.45) is 2.69. The molecule has 4 nitrogen and oxygen atoms in total. The molecule has 120 valence electrons. The first-order valence-corrected chi connectivity index (χ1v) is 10.3. The fraction of sp³-hybridized carbons (Fsp3) is 0.188. The van der Waals surface area contributed by atoms with Gasteiger partial charge >= 0.3 is 0 Å². The predicted octanol–water partition coefficient (Wildman–Crippen LogP) is 3.80. The van der Waals surface area contributed by atoms with Gasteiger partial charge in [0.05, 0.1) is 10.2 Å². The highest BCUT2D eigenvalue weighted by Crippen LogP contribution is 2.22. The Labute approximate surface area is 143 Å². The smallest absolute Gasteiger partial charge is 0.294 e. The van der Waals surface area contributed by atoms with E-state index in [9.17, 15) is 8.42 Å². The van der Waals surface area contributed by atoms with E-state index < -0.39 is 10.0 Å². The zero-order valence-electron chi connectivity index (χ0n) is 12.6. The molecule has 0 saturated heterocycles. The molecule has 0 radical (unpaired) electrons. The van der Waals surface area contributed by atoms with Crippen LogP contribution in [0.3, 0.4) is 0 Å². The lowest BCUT2D eigenvalue weighted by molar-refractivity contribution is 0.598. The van der Waals surface area contributed by atoms with Crippen molar-refractivity contribution in [2.75, 3.05) is 0 Å². The van der Waals surface area contributed by atoms with E-state index in [-0.39, 0.29) is 4.21 Å². The highest BCUT2D eigenvalue weighted by Gasteiger charge is 2.15. The van der Waals surface area contributed by atoms with E-state index in [1.165, 1.54) is 28.2 Å². The number of allylic oxidation sites excluding steroid dienone is 1. The first-order valence-electron chi connectivity index (χ1n) is 7.13. The van der Waals surface area contributed by atoms with Gasteiger partial charge in [-0.1, -0.05) is 36.5 Å². The summed E-state index contributed by atoms with van der Waals surface area (Å²) >= 11 is 2.57. The molecule has 0 aliphatic heterocycles. The van der Waals surface area contributed by atoms with Crippen molar-refractivity contribution in [3.63, 3.8) is 0 Å². The number of benzene rings is 1. The van der Waals surface area contributed by atoms with Crippen molar-refractivity contribution in [3.05, 3.63) is 58.7 Å². The molecule has 3 aromatic rings. The molecular weight excluding hydrogens is 348 g/mol. The number of sulfonamides is 1. The fourth-order valence-electron chi connectivity index (χ4n) is 2.27. The maximum atomic E-state index is 12.4. The van der Waals surface area contributed by atoms with E-state index in [0.29, 0.717) is 11.3 Å². The van der Waals surface area contributed by atoms with Crippen LogP contribution in [0.15, 0.2) is 57.0 Å². The summed E-state index contributed by atoms with van der Waals surface area (Å²) < 4.78 is 32.1. The Morgan fingerprint density at radius 3 is 2.83 bits per heavy atom. The molecule has 23 heavy (non-hydrogen) atoms. The monoisotopic (exact) mass is 364 g/mol. The van der Waals surface area contributed by atoms with Crippen LogP contribution in [0.2, 0.25) is 0 Å². The molecule has 0 spiro atoms. The van der Waals surface area contributed by atoms with Gasteiger partial charge in [-0.2, -0.15) is 8.42 Å². The summed E-state index contributed by atoms with van der Waals surface area (Å²) in [7, 11) is -3.68. The summed E-state index contributed by atoms with van der Waals surface area (Å²) in [5.74, 6) is 0. The lowest BCUT2D eigenvalue weighted by Crippen LogP contribution is -2.16. The van der Waals surface area contributed by atoms with E-state index >= 15 is 0 Å². The van der Waals surface area contributed by atoms with Crippen molar-refractivity contribution < 1.29 is 8.42 Å². The molecule has 0 saturated carbocycles. The van der Waals surface area contributed by atoms with Crippen LogP contribution in [0.25, 0.3) is 10.2 Å². The van der Waals surface area contributed by atoms with Crippen LogP contribution < -0.4 is 4.80 Å². The number of rotatable bonds is 5. The molecule has 3 rings (SSSR count). The van der Waals surface area contributed by atoms with E-state index in [0.717, 1.165) is 16.6 Å². The van der Waals surface area contributed by atoms with Gasteiger partial charge in [0, 0.05) is 6.54 Å². The molecule has 0 bridgehead atoms. The zero-order valence-corrected chi connectivity index (χ0v) is 15.0. The van der Waals surface area contributed by atoms with Crippen LogP contribution in [0.5, 0.6) is 0 Å². The van der Waals surface area contributed by atoms with Crippen molar-refractivity contribution in [3.8, 4) is 0 Å². The number of fused-ring (bicyclic) bond motifs is 1. The van der Waals surface area contributed by atoms with Gasteiger partial charge in [-0.25, -0.2) is 0 Å². The number of thiazole rings is 1. The number of aryl methyl sites for hydroxylation is 1. The number of hydrogen-bond donors (Lipinski definition) is 0. The second-order valence-corrected chi connectivity index (χ2v) is 8.73. The van der Waals surface area contributed by atoms with Gasteiger partial charge in [-0.3, -0.25) is 0 Å². The molecule has 2 aromatic heterocycles. The quantitative estimate of drug-likeness (QED) is 0.647. The summed E-state index contributed by atoms with van der Waals surface area (Å²) in [6.45, 7) is 6.37. The van der Waals surface area contributed by atoms with Gasteiger partial charge in [0.25, 0.3) is 10.0 Å². The normalized spacial score (nSPS) is 12.8. The second-order valence-electron chi connectivity index (χ2n) is 4.94. The fourth-order valence-corrected chi connectivity index (χ4v) is 5.55. The first-order chi connectivity index (χ1) is 11.0. The molecule has 0 unspecified atom stereocenters. The summed E-state index contributed by atoms with van der Waals surface area (Å²) in [5, 5.41) is 1.73. The third kappa shape index (κ3) is 3.17. The molecule has 0 atom stereocenters. The lowest BCUT2D eigenvalue weighted by atomic mass is 10.2. The summed E-state index contributed by atoms with van der Waals surface area (Å²) in [4.78, 5) is 0.474. The van der Waals surface area contributed by atoms with Crippen LogP contribution in [0, 0.1) is 0 Å². The number of hydrogen-bond acceptors (Lipinski definition) is 4. The van der Waals surface area contributed by atoms with E-state index in [2.05, 4.69) is 30.0 Å². The third-order valence-electron chi connectivity index (χ3n) is 3.41. The van der Waals surface area contributed by atoms with Gasteiger partial charge < -0.3 is 4.57 Å². The Bertz CT molecular complexity index is 1010.